The predicted molar refractivity (Wildman–Crippen MR) is 116 cm³/mol. The molecular formula is C24H30N3O2+. The molecule has 29 heavy (non-hydrogen) atoms. The third kappa shape index (κ3) is 4.62. The lowest BCUT2D eigenvalue weighted by Gasteiger charge is -2.18. The van der Waals surface area contributed by atoms with Crippen LogP contribution in [0.15, 0.2) is 54.7 Å². The highest BCUT2D eigenvalue weighted by molar-refractivity contribution is 5.86. The lowest BCUT2D eigenvalue weighted by molar-refractivity contribution is -0.886. The number of carbonyl (C=O) groups is 1. The van der Waals surface area contributed by atoms with Gasteiger partial charge in [0.2, 0.25) is 5.91 Å². The predicted octanol–water partition coefficient (Wildman–Crippen LogP) is 2.49. The molecule has 1 aliphatic heterocycles. The van der Waals surface area contributed by atoms with E-state index >= 15 is 0 Å². The normalized spacial score (nSPS) is 15.5. The number of aromatic nitrogens is 1. The van der Waals surface area contributed by atoms with E-state index in [2.05, 4.69) is 34.6 Å². The van der Waals surface area contributed by atoms with Gasteiger partial charge in [0.15, 0.2) is 0 Å². The number of likely N-dealkylation sites (tertiary alicyclic amines) is 1. The second kappa shape index (κ2) is 9.14. The van der Waals surface area contributed by atoms with Crippen LogP contribution >= 0.6 is 0 Å². The van der Waals surface area contributed by atoms with Crippen molar-refractivity contribution in [3.63, 3.8) is 0 Å². The quantitative estimate of drug-likeness (QED) is 0.552. The van der Waals surface area contributed by atoms with Crippen LogP contribution in [0, 0.1) is 0 Å². The van der Waals surface area contributed by atoms with Crippen molar-refractivity contribution in [3.8, 4) is 5.75 Å². The molecule has 1 fully saturated rings. The second-order valence-electron chi connectivity index (χ2n) is 7.88. The molecule has 2 aromatic carbocycles. The van der Waals surface area contributed by atoms with E-state index in [-0.39, 0.29) is 11.8 Å². The summed E-state index contributed by atoms with van der Waals surface area (Å²) in [6.07, 6.45) is 5.09. The summed E-state index contributed by atoms with van der Waals surface area (Å²) in [7, 11) is 1.67. The van der Waals surface area contributed by atoms with Gasteiger partial charge in [-0.2, -0.15) is 0 Å². The van der Waals surface area contributed by atoms with Crippen LogP contribution in [-0.4, -0.2) is 44.2 Å². The SMILES string of the molecule is COc1ccc([C@@H](CC(=O)NCC[NH+]2CCCC2)c2c[nH]c3ccccc23)cc1. The van der Waals surface area contributed by atoms with Crippen molar-refractivity contribution in [2.45, 2.75) is 25.2 Å². The number of aromatic amines is 1. The van der Waals surface area contributed by atoms with Gasteiger partial charge in [0.05, 0.1) is 33.3 Å². The van der Waals surface area contributed by atoms with Gasteiger partial charge in [-0.25, -0.2) is 0 Å². The minimum Gasteiger partial charge on any atom is -0.497 e. The fourth-order valence-corrected chi connectivity index (χ4v) is 4.39. The Morgan fingerprint density at radius 1 is 1.14 bits per heavy atom. The number of carbonyl (C=O) groups excluding carboxylic acids is 1. The smallest absolute Gasteiger partial charge is 0.221 e. The fraction of sp³-hybridized carbons (Fsp3) is 0.375. The number of methoxy groups -OCH3 is 1. The largest absolute Gasteiger partial charge is 0.497 e. The van der Waals surface area contributed by atoms with Crippen molar-refractivity contribution in [2.75, 3.05) is 33.3 Å². The van der Waals surface area contributed by atoms with Gasteiger partial charge in [0.25, 0.3) is 0 Å². The van der Waals surface area contributed by atoms with E-state index in [4.69, 9.17) is 4.74 Å². The van der Waals surface area contributed by atoms with Crippen molar-refractivity contribution < 1.29 is 14.4 Å². The summed E-state index contributed by atoms with van der Waals surface area (Å²) >= 11 is 0. The molecule has 0 spiro atoms. The van der Waals surface area contributed by atoms with E-state index < -0.39 is 0 Å². The van der Waals surface area contributed by atoms with Crippen molar-refractivity contribution in [1.29, 1.82) is 0 Å². The molecule has 1 saturated heterocycles. The van der Waals surface area contributed by atoms with Crippen LogP contribution in [0.3, 0.4) is 0 Å². The monoisotopic (exact) mass is 392 g/mol. The molecule has 1 aromatic heterocycles. The number of amides is 1. The third-order valence-electron chi connectivity index (χ3n) is 6.02. The van der Waals surface area contributed by atoms with Crippen LogP contribution < -0.4 is 15.0 Å². The zero-order valence-electron chi connectivity index (χ0n) is 17.0. The summed E-state index contributed by atoms with van der Waals surface area (Å²) in [6, 6.07) is 16.3. The van der Waals surface area contributed by atoms with Crippen molar-refractivity contribution >= 4 is 16.8 Å². The van der Waals surface area contributed by atoms with Gasteiger partial charge >= 0.3 is 0 Å². The maximum absolute atomic E-state index is 12.8. The van der Waals surface area contributed by atoms with Crippen LogP contribution in [-0.2, 0) is 4.79 Å². The average Bonchev–Trinajstić information content (AvgIpc) is 3.42. The first-order valence-electron chi connectivity index (χ1n) is 10.5. The number of benzene rings is 2. The molecule has 0 bridgehead atoms. The second-order valence-corrected chi connectivity index (χ2v) is 7.88. The van der Waals surface area contributed by atoms with Gasteiger partial charge in [0.1, 0.15) is 5.75 Å². The van der Waals surface area contributed by atoms with E-state index in [0.717, 1.165) is 35.5 Å². The van der Waals surface area contributed by atoms with E-state index in [1.165, 1.54) is 31.3 Å². The van der Waals surface area contributed by atoms with Gasteiger partial charge in [-0.05, 0) is 29.3 Å². The molecule has 4 rings (SSSR count). The molecule has 1 atom stereocenters. The zero-order chi connectivity index (χ0) is 20.1. The molecule has 0 unspecified atom stereocenters. The van der Waals surface area contributed by atoms with Gasteiger partial charge in [-0.1, -0.05) is 30.3 Å². The summed E-state index contributed by atoms with van der Waals surface area (Å²) in [5.41, 5.74) is 3.38. The summed E-state index contributed by atoms with van der Waals surface area (Å²) in [5, 5.41) is 4.32. The molecular weight excluding hydrogens is 362 g/mol. The van der Waals surface area contributed by atoms with Gasteiger partial charge in [-0.3, -0.25) is 4.79 Å². The van der Waals surface area contributed by atoms with Gasteiger partial charge in [0, 0.05) is 42.3 Å². The molecule has 3 aromatic rings. The Morgan fingerprint density at radius 2 is 1.90 bits per heavy atom. The first-order valence-corrected chi connectivity index (χ1v) is 10.5. The molecule has 0 radical (unpaired) electrons. The molecule has 1 aliphatic rings. The topological polar surface area (TPSA) is 58.6 Å². The molecule has 152 valence electrons. The van der Waals surface area contributed by atoms with E-state index in [9.17, 15) is 4.79 Å². The Kier molecular flexibility index (Phi) is 6.15. The number of rotatable bonds is 8. The van der Waals surface area contributed by atoms with E-state index in [1.807, 2.05) is 30.5 Å². The summed E-state index contributed by atoms with van der Waals surface area (Å²) in [4.78, 5) is 17.8. The van der Waals surface area contributed by atoms with Gasteiger partial charge < -0.3 is 19.9 Å². The minimum atomic E-state index is -0.00353. The maximum atomic E-state index is 12.8. The van der Waals surface area contributed by atoms with Crippen LogP contribution in [0.2, 0.25) is 0 Å². The number of H-pyrrole nitrogens is 1. The number of quaternary nitrogens is 1. The molecule has 5 heteroatoms. The first kappa shape index (κ1) is 19.5. The highest BCUT2D eigenvalue weighted by Crippen LogP contribution is 2.34. The summed E-state index contributed by atoms with van der Waals surface area (Å²) in [6.45, 7) is 4.24. The third-order valence-corrected chi connectivity index (χ3v) is 6.02. The van der Waals surface area contributed by atoms with Crippen LogP contribution in [0.1, 0.15) is 36.3 Å². The highest BCUT2D eigenvalue weighted by Gasteiger charge is 2.22. The molecule has 0 saturated carbocycles. The maximum Gasteiger partial charge on any atom is 0.221 e. The Hall–Kier alpha value is -2.79. The Labute approximate surface area is 172 Å². The zero-order valence-corrected chi connectivity index (χ0v) is 17.0. The number of para-hydroxylation sites is 1. The summed E-state index contributed by atoms with van der Waals surface area (Å²) < 4.78 is 5.31. The van der Waals surface area contributed by atoms with Gasteiger partial charge in [-0.15, -0.1) is 0 Å². The van der Waals surface area contributed by atoms with Crippen LogP contribution in [0.25, 0.3) is 10.9 Å². The standard InChI is InChI=1S/C24H29N3O2/c1-29-19-10-8-18(9-11-19)21(22-17-26-23-7-3-2-6-20(22)23)16-24(28)25-12-15-27-13-4-5-14-27/h2-3,6-11,17,21,26H,4-5,12-16H2,1H3,(H,25,28)/p+1/t21-/m1/s1. The lowest BCUT2D eigenvalue weighted by atomic mass is 9.88. The number of nitrogens with one attached hydrogen (secondary N) is 3. The Morgan fingerprint density at radius 3 is 2.66 bits per heavy atom. The highest BCUT2D eigenvalue weighted by atomic mass is 16.5. The Bertz CT molecular complexity index is 942. The van der Waals surface area contributed by atoms with Crippen molar-refractivity contribution in [2.24, 2.45) is 0 Å². The molecule has 1 amide bonds. The summed E-state index contributed by atoms with van der Waals surface area (Å²) in [5.74, 6) is 0.926. The molecule has 2 heterocycles. The van der Waals surface area contributed by atoms with E-state index in [0.29, 0.717) is 6.42 Å². The number of hydrogen-bond acceptors (Lipinski definition) is 2. The average molecular weight is 393 g/mol. The Balaban J connectivity index is 1.52. The molecule has 0 aliphatic carbocycles. The van der Waals surface area contributed by atoms with E-state index in [1.54, 1.807) is 12.0 Å². The number of hydrogen-bond donors (Lipinski definition) is 3. The number of fused-ring (bicyclic) bond motifs is 1. The molecule has 3 N–H and O–H groups in total. The van der Waals surface area contributed by atoms with Crippen LogP contribution in [0.4, 0.5) is 0 Å². The fourth-order valence-electron chi connectivity index (χ4n) is 4.39. The number of ether oxygens (including phenoxy) is 1. The minimum absolute atomic E-state index is 0.00353. The van der Waals surface area contributed by atoms with Crippen molar-refractivity contribution in [3.05, 3.63) is 65.9 Å². The van der Waals surface area contributed by atoms with Crippen LogP contribution in [0.5, 0.6) is 5.75 Å². The van der Waals surface area contributed by atoms with Crippen molar-refractivity contribution in [1.82, 2.24) is 10.3 Å². The lowest BCUT2D eigenvalue weighted by Crippen LogP contribution is -3.10. The first-order chi connectivity index (χ1) is 14.2. The molecule has 5 nitrogen and oxygen atoms in total.